The van der Waals surface area contributed by atoms with Gasteiger partial charge in [0, 0.05) is 30.9 Å². The summed E-state index contributed by atoms with van der Waals surface area (Å²) in [7, 11) is 0. The topological polar surface area (TPSA) is 102 Å². The van der Waals surface area contributed by atoms with E-state index in [1.54, 1.807) is 12.1 Å². The average molecular weight is 555 g/mol. The maximum Gasteiger partial charge on any atom is 0.239 e. The van der Waals surface area contributed by atoms with E-state index in [1.165, 1.54) is 6.20 Å². The number of aromatic nitrogens is 4. The van der Waals surface area contributed by atoms with Gasteiger partial charge < -0.3 is 15.5 Å². The maximum absolute atomic E-state index is 15.3. The van der Waals surface area contributed by atoms with Gasteiger partial charge in [0.05, 0.1) is 17.9 Å². The van der Waals surface area contributed by atoms with Gasteiger partial charge in [-0.1, -0.05) is 11.6 Å². The van der Waals surface area contributed by atoms with Crippen LogP contribution in [0.2, 0.25) is 5.02 Å². The third-order valence-electron chi connectivity index (χ3n) is 7.79. The number of nitrogens with zero attached hydrogens (tertiary/aromatic N) is 5. The van der Waals surface area contributed by atoms with Crippen LogP contribution in [0.1, 0.15) is 62.3 Å². The van der Waals surface area contributed by atoms with Crippen LogP contribution in [0, 0.1) is 19.7 Å². The van der Waals surface area contributed by atoms with Gasteiger partial charge in [-0.2, -0.15) is 10.1 Å². The predicted octanol–water partition coefficient (Wildman–Crippen LogP) is 5.68. The number of piperidine rings is 1. The number of halogens is 2. The lowest BCUT2D eigenvalue weighted by Crippen LogP contribution is -2.49. The minimum absolute atomic E-state index is 0.000270. The summed E-state index contributed by atoms with van der Waals surface area (Å²) in [5.74, 6) is 1.24. The fourth-order valence-electron chi connectivity index (χ4n) is 5.77. The molecule has 39 heavy (non-hydrogen) atoms. The van der Waals surface area contributed by atoms with Crippen molar-refractivity contribution >= 4 is 40.8 Å². The van der Waals surface area contributed by atoms with Gasteiger partial charge in [0.1, 0.15) is 10.8 Å². The highest BCUT2D eigenvalue weighted by Crippen LogP contribution is 2.35. The summed E-state index contributed by atoms with van der Waals surface area (Å²) in [6.45, 7) is 10.6. The maximum atomic E-state index is 15.3. The van der Waals surface area contributed by atoms with Crippen LogP contribution in [0.15, 0.2) is 24.4 Å². The molecule has 0 saturated carbocycles. The van der Waals surface area contributed by atoms with Crippen molar-refractivity contribution in [2.24, 2.45) is 0 Å². The van der Waals surface area contributed by atoms with E-state index in [-0.39, 0.29) is 29.6 Å². The zero-order chi connectivity index (χ0) is 27.7. The third-order valence-corrected chi connectivity index (χ3v) is 8.06. The number of carbonyl (C=O) groups excluding carboxylic acids is 1. The highest BCUT2D eigenvalue weighted by atomic mass is 35.5. The highest BCUT2D eigenvalue weighted by molar-refractivity contribution is 6.32. The van der Waals surface area contributed by atoms with E-state index in [0.29, 0.717) is 41.5 Å². The van der Waals surface area contributed by atoms with E-state index in [0.717, 1.165) is 49.0 Å². The molecule has 1 atom stereocenters. The highest BCUT2D eigenvalue weighted by Gasteiger charge is 2.36. The van der Waals surface area contributed by atoms with Crippen LogP contribution < -0.4 is 10.6 Å². The molecule has 4 heterocycles. The summed E-state index contributed by atoms with van der Waals surface area (Å²) in [6, 6.07) is 5.60. The second-order valence-electron chi connectivity index (χ2n) is 10.9. The van der Waals surface area contributed by atoms with E-state index < -0.39 is 0 Å². The molecule has 11 heteroatoms. The van der Waals surface area contributed by atoms with Crippen LogP contribution in [-0.4, -0.2) is 67.6 Å². The first-order valence-electron chi connectivity index (χ1n) is 13.6. The first-order chi connectivity index (χ1) is 18.7. The largest absolute Gasteiger partial charge is 0.341 e. The van der Waals surface area contributed by atoms with Crippen molar-refractivity contribution in [1.82, 2.24) is 30.0 Å². The number of likely N-dealkylation sites (tertiary alicyclic amines) is 2. The fraction of sp³-hybridized carbons (Fsp3) is 0.500. The van der Waals surface area contributed by atoms with Crippen molar-refractivity contribution < 1.29 is 9.18 Å². The zero-order valence-corrected chi connectivity index (χ0v) is 23.6. The molecule has 1 aromatic carbocycles. The first kappa shape index (κ1) is 27.3. The molecular formula is C28H36ClFN8O. The van der Waals surface area contributed by atoms with Crippen molar-refractivity contribution in [3.63, 3.8) is 0 Å². The van der Waals surface area contributed by atoms with E-state index in [9.17, 15) is 4.79 Å². The smallest absolute Gasteiger partial charge is 0.239 e. The molecule has 2 aromatic heterocycles. The van der Waals surface area contributed by atoms with E-state index >= 15 is 4.39 Å². The van der Waals surface area contributed by atoms with E-state index in [2.05, 4.69) is 49.5 Å². The SMILES string of the molecule is Cc1cc(Nc2nc(Nc3cc(C)c(C4CCN(C(=O)C5CCCN5C(C)C)CC4)cc3F)ncc2Cl)n[nH]1. The molecule has 0 aliphatic carbocycles. The van der Waals surface area contributed by atoms with Gasteiger partial charge >= 0.3 is 0 Å². The summed E-state index contributed by atoms with van der Waals surface area (Å²) in [5.41, 5.74) is 3.16. The third kappa shape index (κ3) is 6.01. The molecule has 2 aliphatic heterocycles. The summed E-state index contributed by atoms with van der Waals surface area (Å²) in [5, 5.41) is 13.3. The standard InChI is InChI=1S/C28H36ClFN8O/c1-16(2)38-9-5-6-24(38)27(39)37-10-7-19(8-11-37)20-14-22(30)23(12-17(20)3)32-28-31-15-21(29)26(34-28)33-25-13-18(4)35-36-25/h12-16,19,24H,5-11H2,1-4H3,(H3,31,32,33,34,35,36). The van der Waals surface area contributed by atoms with Crippen LogP contribution >= 0.6 is 11.6 Å². The molecule has 2 aliphatic rings. The Hall–Kier alpha value is -3.24. The van der Waals surface area contributed by atoms with Gasteiger partial charge in [-0.3, -0.25) is 14.8 Å². The monoisotopic (exact) mass is 554 g/mol. The van der Waals surface area contributed by atoms with Crippen molar-refractivity contribution in [1.29, 1.82) is 0 Å². The lowest BCUT2D eigenvalue weighted by atomic mass is 9.86. The quantitative estimate of drug-likeness (QED) is 0.345. The molecule has 3 aromatic rings. The fourth-order valence-corrected chi connectivity index (χ4v) is 5.90. The summed E-state index contributed by atoms with van der Waals surface area (Å²) < 4.78 is 15.3. The zero-order valence-electron chi connectivity index (χ0n) is 22.9. The number of nitrogens with one attached hydrogen (secondary N) is 3. The number of H-pyrrole nitrogens is 1. The number of rotatable bonds is 7. The number of anilines is 4. The number of aromatic amines is 1. The number of hydrogen-bond donors (Lipinski definition) is 3. The molecule has 0 bridgehead atoms. The molecule has 2 saturated heterocycles. The minimum Gasteiger partial charge on any atom is -0.341 e. The Bertz CT molecular complexity index is 1340. The van der Waals surface area contributed by atoms with Crippen molar-refractivity contribution in [2.45, 2.75) is 71.4 Å². The van der Waals surface area contributed by atoms with E-state index in [4.69, 9.17) is 11.6 Å². The molecule has 2 fully saturated rings. The Morgan fingerprint density at radius 1 is 1.13 bits per heavy atom. The lowest BCUT2D eigenvalue weighted by Gasteiger charge is -2.37. The van der Waals surface area contributed by atoms with Gasteiger partial charge in [0.2, 0.25) is 11.9 Å². The number of benzene rings is 1. The number of aryl methyl sites for hydroxylation is 2. The Labute approximate surface area is 233 Å². The van der Waals surface area contributed by atoms with Crippen LogP contribution in [0.3, 0.4) is 0 Å². The predicted molar refractivity (Wildman–Crippen MR) is 151 cm³/mol. The Morgan fingerprint density at radius 3 is 2.59 bits per heavy atom. The Balaban J connectivity index is 1.24. The molecule has 208 valence electrons. The van der Waals surface area contributed by atoms with Gasteiger partial charge in [-0.15, -0.1) is 0 Å². The van der Waals surface area contributed by atoms with Crippen molar-refractivity contribution in [2.75, 3.05) is 30.3 Å². The van der Waals surface area contributed by atoms with Gasteiger partial charge in [0.15, 0.2) is 11.6 Å². The number of amides is 1. The summed E-state index contributed by atoms with van der Waals surface area (Å²) in [6.07, 6.45) is 5.13. The summed E-state index contributed by atoms with van der Waals surface area (Å²) >= 11 is 6.25. The molecule has 0 spiro atoms. The lowest BCUT2D eigenvalue weighted by molar-refractivity contribution is -0.137. The molecule has 5 rings (SSSR count). The molecular weight excluding hydrogens is 519 g/mol. The first-order valence-corrected chi connectivity index (χ1v) is 14.0. The Morgan fingerprint density at radius 2 is 1.90 bits per heavy atom. The molecule has 1 unspecified atom stereocenters. The van der Waals surface area contributed by atoms with Crippen LogP contribution in [0.5, 0.6) is 0 Å². The van der Waals surface area contributed by atoms with Crippen LogP contribution in [0.4, 0.5) is 27.7 Å². The molecule has 0 radical (unpaired) electrons. The number of hydrogen-bond acceptors (Lipinski definition) is 7. The van der Waals surface area contributed by atoms with Crippen LogP contribution in [-0.2, 0) is 4.79 Å². The number of carbonyl (C=O) groups is 1. The molecule has 1 amide bonds. The second-order valence-corrected chi connectivity index (χ2v) is 11.3. The normalized spacial score (nSPS) is 18.6. The van der Waals surface area contributed by atoms with Gasteiger partial charge in [-0.25, -0.2) is 9.37 Å². The van der Waals surface area contributed by atoms with Crippen LogP contribution in [0.25, 0.3) is 0 Å². The molecule has 9 nitrogen and oxygen atoms in total. The minimum atomic E-state index is -0.372. The van der Waals surface area contributed by atoms with Gasteiger partial charge in [0.25, 0.3) is 0 Å². The van der Waals surface area contributed by atoms with Crippen molar-refractivity contribution in [3.8, 4) is 0 Å². The molecule has 3 N–H and O–H groups in total. The van der Waals surface area contributed by atoms with Gasteiger partial charge in [-0.05, 0) is 89.1 Å². The van der Waals surface area contributed by atoms with Crippen molar-refractivity contribution in [3.05, 3.63) is 52.1 Å². The average Bonchev–Trinajstić information content (AvgIpc) is 3.57. The summed E-state index contributed by atoms with van der Waals surface area (Å²) in [4.78, 5) is 26.2. The Kier molecular flexibility index (Phi) is 8.04. The van der Waals surface area contributed by atoms with E-state index in [1.807, 2.05) is 24.8 Å². The second kappa shape index (κ2) is 11.5.